The van der Waals surface area contributed by atoms with Crippen LogP contribution in [0.15, 0.2) is 18.2 Å². The van der Waals surface area contributed by atoms with Crippen molar-refractivity contribution in [3.63, 3.8) is 0 Å². The Hall–Kier alpha value is -0.633. The fourth-order valence-electron chi connectivity index (χ4n) is 2.32. The molecule has 1 atom stereocenters. The van der Waals surface area contributed by atoms with Gasteiger partial charge in [-0.05, 0) is 48.5 Å². The maximum atomic E-state index is 11.7. The van der Waals surface area contributed by atoms with E-state index in [-0.39, 0.29) is 10.3 Å². The van der Waals surface area contributed by atoms with Gasteiger partial charge in [0.1, 0.15) is 0 Å². The van der Waals surface area contributed by atoms with Crippen LogP contribution in [0.2, 0.25) is 18.1 Å². The third-order valence-electron chi connectivity index (χ3n) is 4.89. The highest BCUT2D eigenvalue weighted by atomic mass is 33.1. The zero-order valence-electron chi connectivity index (χ0n) is 17.3. The van der Waals surface area contributed by atoms with Crippen molar-refractivity contribution in [1.82, 2.24) is 0 Å². The van der Waals surface area contributed by atoms with E-state index < -0.39 is 14.4 Å². The first-order valence-corrected chi connectivity index (χ1v) is 14.4. The molecule has 0 heterocycles. The number of benzene rings is 1. The van der Waals surface area contributed by atoms with Gasteiger partial charge in [-0.1, -0.05) is 61.4 Å². The van der Waals surface area contributed by atoms with E-state index >= 15 is 0 Å². The lowest BCUT2D eigenvalue weighted by Crippen LogP contribution is -2.40. The predicted molar refractivity (Wildman–Crippen MR) is 119 cm³/mol. The molecule has 148 valence electrons. The van der Waals surface area contributed by atoms with Gasteiger partial charge in [-0.15, -0.1) is 0 Å². The topological polar surface area (TPSA) is 49.8 Å². The molecule has 7 heteroatoms. The van der Waals surface area contributed by atoms with Gasteiger partial charge in [0.05, 0.1) is 6.61 Å². The lowest BCUT2D eigenvalue weighted by molar-refractivity contribution is 0.202. The van der Waals surface area contributed by atoms with E-state index in [1.807, 2.05) is 38.3 Å². The number of carbonyl (C=O) groups is 1. The van der Waals surface area contributed by atoms with E-state index in [0.29, 0.717) is 13.2 Å². The Kier molecular flexibility index (Phi) is 8.58. The van der Waals surface area contributed by atoms with Gasteiger partial charge in [0.25, 0.3) is 0 Å². The first kappa shape index (κ1) is 23.4. The molecular formula is C19H33NO3S2Si. The molecule has 1 unspecified atom stereocenters. The van der Waals surface area contributed by atoms with Crippen LogP contribution < -0.4 is 4.90 Å². The molecule has 1 rings (SSSR count). The number of hydrogen-bond donors (Lipinski definition) is 1. The number of anilines is 1. The van der Waals surface area contributed by atoms with Crippen LogP contribution >= 0.6 is 21.6 Å². The Morgan fingerprint density at radius 2 is 1.96 bits per heavy atom. The lowest BCUT2D eigenvalue weighted by Gasteiger charge is -2.36. The monoisotopic (exact) mass is 415 g/mol. The number of nitrogens with zero attached hydrogens (tertiary/aromatic N) is 1. The maximum Gasteiger partial charge on any atom is 0.411 e. The second-order valence-corrected chi connectivity index (χ2v) is 15.9. The van der Waals surface area contributed by atoms with Gasteiger partial charge in [0.2, 0.25) is 0 Å². The number of amides is 1. The van der Waals surface area contributed by atoms with Gasteiger partial charge in [-0.2, -0.15) is 0 Å². The minimum Gasteiger partial charge on any atom is -0.465 e. The van der Waals surface area contributed by atoms with Gasteiger partial charge in [-0.25, -0.2) is 4.79 Å². The van der Waals surface area contributed by atoms with E-state index in [1.54, 1.807) is 21.6 Å². The zero-order valence-corrected chi connectivity index (χ0v) is 19.9. The van der Waals surface area contributed by atoms with Gasteiger partial charge in [-0.3, -0.25) is 4.90 Å². The minimum absolute atomic E-state index is 0.174. The SMILES string of the molecule is CSSC(C)CN(C(=O)O)c1ccc(CO[Si](C)(C)C(C)(C)C)cc1C. The van der Waals surface area contributed by atoms with Gasteiger partial charge in [0, 0.05) is 17.5 Å². The summed E-state index contributed by atoms with van der Waals surface area (Å²) in [4.78, 5) is 13.2. The highest BCUT2D eigenvalue weighted by Crippen LogP contribution is 2.37. The third-order valence-corrected chi connectivity index (χ3v) is 11.6. The third kappa shape index (κ3) is 6.51. The largest absolute Gasteiger partial charge is 0.465 e. The molecule has 0 spiro atoms. The second kappa shape index (κ2) is 9.53. The molecule has 1 N–H and O–H groups in total. The smallest absolute Gasteiger partial charge is 0.411 e. The Bertz CT molecular complexity index is 617. The summed E-state index contributed by atoms with van der Waals surface area (Å²) in [5.41, 5.74) is 2.81. The molecule has 0 bridgehead atoms. The standard InChI is InChI=1S/C19H33NO3S2Si/c1-14-11-16(13-23-26(7,8)19(3,4)5)9-10-17(14)20(18(21)22)12-15(2)25-24-6/h9-11,15H,12-13H2,1-8H3,(H,21,22). The molecule has 0 aliphatic carbocycles. The quantitative estimate of drug-likeness (QED) is 0.393. The fourth-order valence-corrected chi connectivity index (χ4v) is 4.99. The Morgan fingerprint density at radius 1 is 1.35 bits per heavy atom. The summed E-state index contributed by atoms with van der Waals surface area (Å²) in [6.45, 7) is 16.2. The molecule has 4 nitrogen and oxygen atoms in total. The van der Waals surface area contributed by atoms with E-state index in [0.717, 1.165) is 16.8 Å². The Balaban J connectivity index is 2.92. The van der Waals surface area contributed by atoms with Crippen molar-refractivity contribution in [2.45, 2.75) is 64.6 Å². The fraction of sp³-hybridized carbons (Fsp3) is 0.632. The summed E-state index contributed by atoms with van der Waals surface area (Å²) in [5.74, 6) is 0. The summed E-state index contributed by atoms with van der Waals surface area (Å²) in [6, 6.07) is 5.94. The molecule has 0 aromatic heterocycles. The van der Waals surface area contributed by atoms with E-state index in [1.165, 1.54) is 4.90 Å². The molecule has 0 aliphatic heterocycles. The molecule has 0 saturated heterocycles. The van der Waals surface area contributed by atoms with Crippen LogP contribution in [-0.4, -0.2) is 37.6 Å². The second-order valence-electron chi connectivity index (χ2n) is 8.14. The lowest BCUT2D eigenvalue weighted by atomic mass is 10.1. The summed E-state index contributed by atoms with van der Waals surface area (Å²) >= 11 is 0. The molecule has 0 saturated carbocycles. The molecule has 1 amide bonds. The first-order valence-electron chi connectivity index (χ1n) is 8.82. The molecule has 26 heavy (non-hydrogen) atoms. The zero-order chi connectivity index (χ0) is 20.1. The van der Waals surface area contributed by atoms with Gasteiger partial charge in [0.15, 0.2) is 8.32 Å². The van der Waals surface area contributed by atoms with Crippen LogP contribution in [0, 0.1) is 6.92 Å². The number of aryl methyl sites for hydroxylation is 1. The van der Waals surface area contributed by atoms with E-state index in [4.69, 9.17) is 4.43 Å². The number of rotatable bonds is 8. The van der Waals surface area contributed by atoms with Crippen molar-refractivity contribution in [2.24, 2.45) is 0 Å². The summed E-state index contributed by atoms with van der Waals surface area (Å²) in [7, 11) is 1.55. The van der Waals surface area contributed by atoms with Gasteiger partial charge >= 0.3 is 6.09 Å². The van der Waals surface area contributed by atoms with Gasteiger partial charge < -0.3 is 9.53 Å². The van der Waals surface area contributed by atoms with Crippen molar-refractivity contribution in [3.8, 4) is 0 Å². The van der Waals surface area contributed by atoms with Crippen molar-refractivity contribution in [3.05, 3.63) is 29.3 Å². The normalized spacial score (nSPS) is 13.5. The molecule has 0 fully saturated rings. The van der Waals surface area contributed by atoms with Crippen LogP contribution in [0.4, 0.5) is 10.5 Å². The molecule has 0 aliphatic rings. The maximum absolute atomic E-state index is 11.7. The number of hydrogen-bond acceptors (Lipinski definition) is 4. The summed E-state index contributed by atoms with van der Waals surface area (Å²) < 4.78 is 6.28. The average Bonchev–Trinajstić information content (AvgIpc) is 2.50. The average molecular weight is 416 g/mol. The molecule has 0 radical (unpaired) electrons. The highest BCUT2D eigenvalue weighted by Gasteiger charge is 2.37. The van der Waals surface area contributed by atoms with Crippen LogP contribution in [0.5, 0.6) is 0 Å². The molecular weight excluding hydrogens is 382 g/mol. The first-order chi connectivity index (χ1) is 11.9. The Morgan fingerprint density at radius 3 is 2.42 bits per heavy atom. The molecule has 1 aromatic carbocycles. The Labute approximate surface area is 167 Å². The van der Waals surface area contributed by atoms with Crippen LogP contribution in [0.25, 0.3) is 0 Å². The van der Waals surface area contributed by atoms with Crippen LogP contribution in [-0.2, 0) is 11.0 Å². The van der Waals surface area contributed by atoms with Crippen molar-refractivity contribution in [2.75, 3.05) is 17.7 Å². The van der Waals surface area contributed by atoms with Crippen molar-refractivity contribution >= 4 is 41.7 Å². The summed E-state index contributed by atoms with van der Waals surface area (Å²) in [6.07, 6.45) is 1.10. The van der Waals surface area contributed by atoms with E-state index in [2.05, 4.69) is 33.9 Å². The van der Waals surface area contributed by atoms with Crippen LogP contribution in [0.1, 0.15) is 38.8 Å². The number of carboxylic acid groups (broad SMARTS) is 1. The van der Waals surface area contributed by atoms with Crippen LogP contribution in [0.3, 0.4) is 0 Å². The predicted octanol–water partition coefficient (Wildman–Crippen LogP) is 6.40. The summed E-state index contributed by atoms with van der Waals surface area (Å²) in [5, 5.41) is 10.0. The van der Waals surface area contributed by atoms with E-state index in [9.17, 15) is 9.90 Å². The van der Waals surface area contributed by atoms with Crippen molar-refractivity contribution < 1.29 is 14.3 Å². The highest BCUT2D eigenvalue weighted by molar-refractivity contribution is 8.76. The molecule has 1 aromatic rings. The van der Waals surface area contributed by atoms with Crippen molar-refractivity contribution in [1.29, 1.82) is 0 Å². The minimum atomic E-state index is -1.80.